The summed E-state index contributed by atoms with van der Waals surface area (Å²) in [6, 6.07) is 9.31. The third-order valence-corrected chi connectivity index (χ3v) is 14.3. The molecule has 0 aliphatic rings. The van der Waals surface area contributed by atoms with Crippen molar-refractivity contribution in [2.45, 2.75) is 222 Å². The number of alkyl carbamates (subject to hydrolysis) is 2. The summed E-state index contributed by atoms with van der Waals surface area (Å²) in [5, 5.41) is 27.1. The Morgan fingerprint density at radius 1 is 0.505 bits per heavy atom. The fourth-order valence-electron chi connectivity index (χ4n) is 9.31. The number of benzene rings is 2. The monoisotopic (exact) mass is 1340 g/mol. The Labute approximate surface area is 564 Å². The molecule has 2 aromatic carbocycles. The number of carbonyl (C=O) groups is 10. The summed E-state index contributed by atoms with van der Waals surface area (Å²) in [5.74, 6) is -3.40. The number of urea groups is 2. The fraction of sp³-hybridized carbons (Fsp3) is 0.676. The summed E-state index contributed by atoms with van der Waals surface area (Å²) >= 11 is 0. The van der Waals surface area contributed by atoms with Crippen LogP contribution < -0.4 is 54.4 Å². The number of unbranched alkanes of at least 4 members (excludes halogenated alkanes) is 2. The molecule has 0 aromatic heterocycles. The molecule has 0 bridgehead atoms. The van der Waals surface area contributed by atoms with Crippen LogP contribution in [-0.2, 0) is 60.6 Å². The first-order chi connectivity index (χ1) is 44.2. The highest BCUT2D eigenvalue weighted by Crippen LogP contribution is 2.18. The summed E-state index contributed by atoms with van der Waals surface area (Å²) in [5.41, 5.74) is 17.9. The number of carbonyl (C=O) groups excluding carboxylic acids is 9. The number of amides is 9. The summed E-state index contributed by atoms with van der Waals surface area (Å²) in [6.45, 7) is 32.3. The van der Waals surface area contributed by atoms with Crippen LogP contribution in [-0.4, -0.2) is 176 Å². The molecule has 14 N–H and O–H groups in total. The van der Waals surface area contributed by atoms with Gasteiger partial charge in [-0.05, 0) is 166 Å². The number of hydrogen-bond acceptors (Lipinski definition) is 17. The predicted molar refractivity (Wildman–Crippen MR) is 369 cm³/mol. The number of likely N-dealkylation sites (N-methyl/N-ethyl adjacent to an activating group) is 2. The Morgan fingerprint density at radius 3 is 1.19 bits per heavy atom. The SMILES string of the molecule is CC(C)[C@H](NC(=O)OC(C)(C)C)C(=O)N[C@@H](CCCNC(N)=O)C(=O)O.CCCCOC(=O)[C@H](C(C)C)N(C)CCc1ccc(N)cc1.CCCCOC(=O)[C@H](C(C)C)N(C)CCc1ccc(NC(=O)[C@H](CCCNC(N)=O)NC(=O)[C@@H](NC(=O)OC(C)(C)C)C(C)C)cc1. The zero-order valence-electron chi connectivity index (χ0n) is 60.0. The van der Waals surface area contributed by atoms with Crippen LogP contribution in [0.3, 0.4) is 0 Å². The highest BCUT2D eigenvalue weighted by molar-refractivity contribution is 5.98. The lowest BCUT2D eigenvalue weighted by Crippen LogP contribution is -2.55. The average molecular weight is 1340 g/mol. The van der Waals surface area contributed by atoms with Gasteiger partial charge in [-0.3, -0.25) is 33.8 Å². The molecule has 540 valence electrons. The van der Waals surface area contributed by atoms with Crippen molar-refractivity contribution >= 4 is 71.3 Å². The number of nitrogen functional groups attached to an aromatic ring is 1. The average Bonchev–Trinajstić information content (AvgIpc) is 0.958. The van der Waals surface area contributed by atoms with Gasteiger partial charge in [0.2, 0.25) is 17.7 Å². The van der Waals surface area contributed by atoms with E-state index in [4.69, 9.17) is 36.1 Å². The van der Waals surface area contributed by atoms with E-state index in [9.17, 15) is 53.1 Å². The van der Waals surface area contributed by atoms with Crippen LogP contribution in [0.4, 0.5) is 30.6 Å². The van der Waals surface area contributed by atoms with E-state index in [1.165, 1.54) is 5.56 Å². The summed E-state index contributed by atoms with van der Waals surface area (Å²) in [4.78, 5) is 125. The maximum Gasteiger partial charge on any atom is 0.408 e. The molecule has 9 amide bonds. The first-order valence-corrected chi connectivity index (χ1v) is 33.1. The van der Waals surface area contributed by atoms with Crippen LogP contribution in [0.15, 0.2) is 48.5 Å². The topological polar surface area (TPSA) is 397 Å². The first kappa shape index (κ1) is 87.1. The molecule has 2 aromatic rings. The van der Waals surface area contributed by atoms with Crippen molar-refractivity contribution in [1.29, 1.82) is 0 Å². The van der Waals surface area contributed by atoms with Gasteiger partial charge in [0.15, 0.2) is 0 Å². The van der Waals surface area contributed by atoms with Crippen LogP contribution in [0, 0.1) is 23.7 Å². The largest absolute Gasteiger partial charge is 0.480 e. The Hall–Kier alpha value is -7.94. The summed E-state index contributed by atoms with van der Waals surface area (Å²) < 4.78 is 21.3. The normalized spacial score (nSPS) is 13.3. The predicted octanol–water partition coefficient (Wildman–Crippen LogP) is 7.61. The molecular formula is C68H118N12O15. The molecule has 2 rings (SSSR count). The molecule has 6 atom stereocenters. The Bertz CT molecular complexity index is 2650. The lowest BCUT2D eigenvalue weighted by molar-refractivity contribution is -0.152. The van der Waals surface area contributed by atoms with E-state index in [-0.39, 0.29) is 73.6 Å². The number of carboxylic acid groups (broad SMARTS) is 1. The van der Waals surface area contributed by atoms with Crippen molar-refractivity contribution in [2.24, 2.45) is 35.1 Å². The number of carboxylic acids is 1. The van der Waals surface area contributed by atoms with E-state index in [1.54, 1.807) is 81.4 Å². The number of nitrogens with one attached hydrogen (secondary N) is 7. The maximum atomic E-state index is 13.4. The Morgan fingerprint density at radius 2 is 0.863 bits per heavy atom. The van der Waals surface area contributed by atoms with E-state index in [0.717, 1.165) is 49.9 Å². The van der Waals surface area contributed by atoms with Gasteiger partial charge in [0.25, 0.3) is 0 Å². The minimum atomic E-state index is -1.21. The van der Waals surface area contributed by atoms with Crippen LogP contribution in [0.25, 0.3) is 0 Å². The molecule has 0 saturated heterocycles. The van der Waals surface area contributed by atoms with Crippen molar-refractivity contribution in [3.8, 4) is 0 Å². The zero-order valence-corrected chi connectivity index (χ0v) is 60.0. The van der Waals surface area contributed by atoms with Crippen LogP contribution >= 0.6 is 0 Å². The zero-order chi connectivity index (χ0) is 72.8. The fourth-order valence-corrected chi connectivity index (χ4v) is 9.31. The minimum Gasteiger partial charge on any atom is -0.480 e. The third kappa shape index (κ3) is 39.5. The number of nitrogens with two attached hydrogens (primary N) is 3. The van der Waals surface area contributed by atoms with Crippen molar-refractivity contribution < 1.29 is 72.0 Å². The second-order valence-electron chi connectivity index (χ2n) is 26.9. The Kier molecular flexibility index (Phi) is 41.6. The van der Waals surface area contributed by atoms with Gasteiger partial charge in [-0.2, -0.15) is 0 Å². The molecule has 0 fully saturated rings. The summed E-state index contributed by atoms with van der Waals surface area (Å²) in [6.07, 6.45) is 4.81. The highest BCUT2D eigenvalue weighted by atomic mass is 16.6. The number of aliphatic carboxylic acids is 1. The number of primary amides is 2. The van der Waals surface area contributed by atoms with Crippen molar-refractivity contribution in [3.63, 3.8) is 0 Å². The minimum absolute atomic E-state index is 0.0932. The van der Waals surface area contributed by atoms with Gasteiger partial charge in [0.1, 0.15) is 47.5 Å². The lowest BCUT2D eigenvalue weighted by Gasteiger charge is -2.29. The molecule has 27 nitrogen and oxygen atoms in total. The first-order valence-electron chi connectivity index (χ1n) is 33.1. The number of nitrogens with zero attached hydrogens (tertiary/aromatic N) is 2. The maximum absolute atomic E-state index is 13.4. The van der Waals surface area contributed by atoms with Crippen LogP contribution in [0.2, 0.25) is 0 Å². The molecule has 0 saturated carbocycles. The smallest absolute Gasteiger partial charge is 0.408 e. The number of ether oxygens (including phenoxy) is 4. The molecule has 0 heterocycles. The van der Waals surface area contributed by atoms with E-state index in [1.807, 2.05) is 69.2 Å². The molecule has 0 spiro atoms. The van der Waals surface area contributed by atoms with E-state index >= 15 is 0 Å². The molecule has 95 heavy (non-hydrogen) atoms. The van der Waals surface area contributed by atoms with Gasteiger partial charge >= 0.3 is 42.2 Å². The molecule has 0 unspecified atom stereocenters. The number of rotatable bonds is 37. The molecule has 0 aliphatic heterocycles. The highest BCUT2D eigenvalue weighted by Gasteiger charge is 2.33. The van der Waals surface area contributed by atoms with Gasteiger partial charge < -0.3 is 78.5 Å². The summed E-state index contributed by atoms with van der Waals surface area (Å²) in [7, 11) is 3.91. The third-order valence-electron chi connectivity index (χ3n) is 14.3. The number of hydrogen-bond donors (Lipinski definition) is 11. The van der Waals surface area contributed by atoms with Gasteiger partial charge in [0, 0.05) is 37.6 Å². The van der Waals surface area contributed by atoms with Gasteiger partial charge in [-0.25, -0.2) is 24.0 Å². The van der Waals surface area contributed by atoms with Crippen LogP contribution in [0.1, 0.15) is 173 Å². The van der Waals surface area contributed by atoms with Crippen LogP contribution in [0.5, 0.6) is 0 Å². The molecule has 0 aliphatic carbocycles. The molecular weight excluding hydrogens is 1220 g/mol. The van der Waals surface area contributed by atoms with E-state index in [0.29, 0.717) is 44.7 Å². The number of esters is 2. The van der Waals surface area contributed by atoms with Gasteiger partial charge in [-0.1, -0.05) is 106 Å². The van der Waals surface area contributed by atoms with E-state index < -0.39 is 83.3 Å². The van der Waals surface area contributed by atoms with Crippen molar-refractivity contribution in [3.05, 3.63) is 59.7 Å². The van der Waals surface area contributed by atoms with Gasteiger partial charge in [0.05, 0.1) is 13.2 Å². The second kappa shape index (κ2) is 45.4. The van der Waals surface area contributed by atoms with E-state index in [2.05, 4.69) is 69.8 Å². The second-order valence-corrected chi connectivity index (χ2v) is 26.9. The lowest BCUT2D eigenvalue weighted by atomic mass is 10.0. The molecule has 0 radical (unpaired) electrons. The van der Waals surface area contributed by atoms with Gasteiger partial charge in [-0.15, -0.1) is 0 Å². The Balaban J connectivity index is 0.00000154. The quantitative estimate of drug-likeness (QED) is 0.0134. The molecule has 27 heteroatoms. The van der Waals surface area contributed by atoms with Crippen molar-refractivity contribution in [1.82, 2.24) is 41.7 Å². The van der Waals surface area contributed by atoms with Crippen molar-refractivity contribution in [2.75, 3.05) is 64.5 Å². The number of anilines is 2. The standard InChI is InChI=1S/C34H58N6O7.C18H30N2O2.C16H30N4O6/c1-10-11-21-46-31(43)28(23(4)5)40(9)20-18-24-14-16-25(17-15-24)37-29(41)26(13-12-19-36-32(35)44)38-30(42)27(22(2)3)39-33(45)47-34(6,7)8;1-5-6-13-22-18(21)17(14(2)3)20(4)12-11-15-7-9-16(19)10-8-15;1-9(2)11(20-15(25)26-16(3,4)5)12(21)19-10(13(22)23)7-6-8-18-14(17)24/h14-17,22-23,26-28H,10-13,18-21H2,1-9H3,(H,37,41)(H,38,42)(H,39,45)(H3,35,36,44);7-10,14,17H,5-6,11-13,19H2,1-4H3;9-11H,6-8H2,1-5H3,(H,19,21)(H,20,25)(H,22,23)(H3,17,18,24)/t26-,27-,28-;17-;10-,11-/m000/s1.